The van der Waals surface area contributed by atoms with Gasteiger partial charge in [-0.3, -0.25) is 14.8 Å². The van der Waals surface area contributed by atoms with Gasteiger partial charge in [0.25, 0.3) is 5.91 Å². The van der Waals surface area contributed by atoms with Gasteiger partial charge in [0.1, 0.15) is 30.5 Å². The number of carbonyl (C=O) groups is 2. The smallest absolute Gasteiger partial charge is 0.269 e. The lowest BCUT2D eigenvalue weighted by Gasteiger charge is -2.22. The zero-order valence-electron chi connectivity index (χ0n) is 16.6. The van der Waals surface area contributed by atoms with E-state index in [0.29, 0.717) is 29.5 Å². The molecular weight excluding hydrogens is 394 g/mol. The van der Waals surface area contributed by atoms with E-state index < -0.39 is 5.91 Å². The number of aromatic hydroxyl groups is 2. The van der Waals surface area contributed by atoms with Gasteiger partial charge in [-0.15, -0.1) is 0 Å². The Bertz CT molecular complexity index is 942. The van der Waals surface area contributed by atoms with Crippen molar-refractivity contribution in [2.24, 2.45) is 5.92 Å². The number of hydrogen-bond acceptors (Lipinski definition) is 8. The van der Waals surface area contributed by atoms with Gasteiger partial charge in [-0.1, -0.05) is 6.92 Å². The maximum atomic E-state index is 12.3. The van der Waals surface area contributed by atoms with Crippen LogP contribution in [-0.2, 0) is 20.7 Å². The monoisotopic (exact) mass is 419 g/mol. The number of benzene rings is 2. The van der Waals surface area contributed by atoms with E-state index in [0.717, 1.165) is 5.56 Å². The maximum Gasteiger partial charge on any atom is 0.269 e. The third-order valence-electron chi connectivity index (χ3n) is 4.85. The maximum absolute atomic E-state index is 12.3. The molecule has 3 rings (SSSR count). The highest BCUT2D eigenvalue weighted by atomic mass is 16.5. The predicted molar refractivity (Wildman–Crippen MR) is 106 cm³/mol. The van der Waals surface area contributed by atoms with Crippen molar-refractivity contribution in [1.82, 2.24) is 5.48 Å². The minimum absolute atomic E-state index is 0.110. The second-order valence-electron chi connectivity index (χ2n) is 7.28. The van der Waals surface area contributed by atoms with Crippen molar-refractivity contribution in [2.45, 2.75) is 19.8 Å². The first kappa shape index (κ1) is 21.8. The van der Waals surface area contributed by atoms with Crippen molar-refractivity contribution >= 4 is 22.5 Å². The molecule has 0 heterocycles. The quantitative estimate of drug-likeness (QED) is 0.275. The molecule has 1 atom stereocenters. The molecule has 162 valence electrons. The van der Waals surface area contributed by atoms with E-state index in [9.17, 15) is 19.8 Å². The highest BCUT2D eigenvalue weighted by Crippen LogP contribution is 2.42. The third kappa shape index (κ3) is 4.99. The summed E-state index contributed by atoms with van der Waals surface area (Å²) >= 11 is 0. The summed E-state index contributed by atoms with van der Waals surface area (Å²) in [4.78, 5) is 23.1. The number of Topliss-reactive ketones (excluding diaryl/α,β-unsaturated/α-hetero) is 1. The largest absolute Gasteiger partial charge is 0.507 e. The highest BCUT2D eigenvalue weighted by molar-refractivity contribution is 6.08. The van der Waals surface area contributed by atoms with Crippen LogP contribution in [0.5, 0.6) is 17.2 Å². The van der Waals surface area contributed by atoms with Crippen molar-refractivity contribution in [3.8, 4) is 17.2 Å². The van der Waals surface area contributed by atoms with Crippen LogP contribution in [-0.4, -0.2) is 60.1 Å². The molecule has 2 aromatic rings. The van der Waals surface area contributed by atoms with Crippen molar-refractivity contribution in [3.05, 3.63) is 29.3 Å². The summed E-state index contributed by atoms with van der Waals surface area (Å²) in [5.41, 5.74) is 2.54. The Labute approximate surface area is 173 Å². The second-order valence-corrected chi connectivity index (χ2v) is 7.28. The van der Waals surface area contributed by atoms with E-state index in [1.54, 1.807) is 6.07 Å². The molecule has 0 bridgehead atoms. The average molecular weight is 419 g/mol. The summed E-state index contributed by atoms with van der Waals surface area (Å²) in [6.07, 6.45) is 1.07. The van der Waals surface area contributed by atoms with E-state index in [1.807, 2.05) is 13.0 Å². The van der Waals surface area contributed by atoms with Gasteiger partial charge in [-0.2, -0.15) is 0 Å². The standard InChI is InChI=1S/C21H25NO8/c1-12-6-13-8-14-9-15(30-5-4-28-2-3-29-11-18(25)22-27)10-17(24)20(14)21(26)19(13)16(23)7-12/h8-10,12,24,26-27H,2-7,11H2,1H3,(H,22,25)/t12-/m1/s1. The Hall–Kier alpha value is -2.88. The molecule has 9 nitrogen and oxygen atoms in total. The fraction of sp³-hybridized carbons (Fsp3) is 0.429. The SMILES string of the molecule is C[C@H]1CC(=O)c2c(cc3cc(OCCOCCOCC(=O)NO)cc(O)c3c2O)C1. The molecule has 0 saturated heterocycles. The Balaban J connectivity index is 1.59. The number of ether oxygens (including phenoxy) is 3. The van der Waals surface area contributed by atoms with Crippen LogP contribution in [0.4, 0.5) is 0 Å². The number of amides is 1. The Morgan fingerprint density at radius 1 is 1.10 bits per heavy atom. The zero-order chi connectivity index (χ0) is 21.7. The summed E-state index contributed by atoms with van der Waals surface area (Å²) in [6, 6.07) is 4.91. The van der Waals surface area contributed by atoms with Crippen molar-refractivity contribution in [1.29, 1.82) is 0 Å². The van der Waals surface area contributed by atoms with Crippen LogP contribution >= 0.6 is 0 Å². The summed E-state index contributed by atoms with van der Waals surface area (Å²) in [7, 11) is 0. The molecule has 0 saturated carbocycles. The van der Waals surface area contributed by atoms with Crippen LogP contribution in [0.25, 0.3) is 10.8 Å². The molecule has 1 aliphatic carbocycles. The van der Waals surface area contributed by atoms with E-state index in [1.165, 1.54) is 11.5 Å². The van der Waals surface area contributed by atoms with Gasteiger partial charge in [0, 0.05) is 12.5 Å². The molecule has 0 unspecified atom stereocenters. The third-order valence-corrected chi connectivity index (χ3v) is 4.85. The topological polar surface area (TPSA) is 135 Å². The minimum atomic E-state index is -0.638. The van der Waals surface area contributed by atoms with Crippen LogP contribution in [0.1, 0.15) is 29.3 Å². The number of ketones is 1. The number of hydrogen-bond donors (Lipinski definition) is 4. The summed E-state index contributed by atoms with van der Waals surface area (Å²) in [5.74, 6) is -0.475. The number of carbonyl (C=O) groups excluding carboxylic acids is 2. The second kappa shape index (κ2) is 9.75. The molecule has 0 aromatic heterocycles. The van der Waals surface area contributed by atoms with Gasteiger partial charge >= 0.3 is 0 Å². The highest BCUT2D eigenvalue weighted by Gasteiger charge is 2.27. The normalized spacial score (nSPS) is 15.8. The first-order valence-electron chi connectivity index (χ1n) is 9.66. The Morgan fingerprint density at radius 2 is 1.83 bits per heavy atom. The molecule has 2 aromatic carbocycles. The first-order chi connectivity index (χ1) is 14.4. The molecule has 1 amide bonds. The molecule has 9 heteroatoms. The van der Waals surface area contributed by atoms with Crippen LogP contribution in [0.3, 0.4) is 0 Å². The van der Waals surface area contributed by atoms with Crippen LogP contribution < -0.4 is 10.2 Å². The van der Waals surface area contributed by atoms with Gasteiger partial charge in [-0.05, 0) is 35.4 Å². The Morgan fingerprint density at radius 3 is 2.60 bits per heavy atom. The number of hydroxylamine groups is 1. The molecule has 1 aliphatic rings. The number of phenolic OH excluding ortho intramolecular Hbond substituents is 2. The fourth-order valence-corrected chi connectivity index (χ4v) is 3.59. The van der Waals surface area contributed by atoms with Crippen LogP contribution in [0, 0.1) is 5.92 Å². The lowest BCUT2D eigenvalue weighted by molar-refractivity contribution is -0.134. The fourth-order valence-electron chi connectivity index (χ4n) is 3.59. The van der Waals surface area contributed by atoms with Gasteiger partial charge in [-0.25, -0.2) is 5.48 Å². The molecule has 0 radical (unpaired) electrons. The number of phenols is 2. The molecule has 0 fully saturated rings. The van der Waals surface area contributed by atoms with Gasteiger partial charge in [0.2, 0.25) is 0 Å². The zero-order valence-corrected chi connectivity index (χ0v) is 16.6. The number of fused-ring (bicyclic) bond motifs is 2. The van der Waals surface area contributed by atoms with E-state index in [4.69, 9.17) is 19.4 Å². The van der Waals surface area contributed by atoms with Crippen molar-refractivity contribution < 1.29 is 39.2 Å². The summed E-state index contributed by atoms with van der Waals surface area (Å²) in [5, 5.41) is 30.1. The van der Waals surface area contributed by atoms with E-state index in [2.05, 4.69) is 0 Å². The summed E-state index contributed by atoms with van der Waals surface area (Å²) < 4.78 is 15.9. The Kier molecular flexibility index (Phi) is 7.09. The average Bonchev–Trinajstić information content (AvgIpc) is 2.68. The van der Waals surface area contributed by atoms with Crippen molar-refractivity contribution in [2.75, 3.05) is 33.0 Å². The van der Waals surface area contributed by atoms with E-state index >= 15 is 0 Å². The molecule has 4 N–H and O–H groups in total. The molecule has 0 aliphatic heterocycles. The molecule has 30 heavy (non-hydrogen) atoms. The first-order valence-corrected chi connectivity index (χ1v) is 9.66. The van der Waals surface area contributed by atoms with Crippen molar-refractivity contribution in [3.63, 3.8) is 0 Å². The minimum Gasteiger partial charge on any atom is -0.507 e. The molecule has 0 spiro atoms. The van der Waals surface area contributed by atoms with Crippen LogP contribution in [0.2, 0.25) is 0 Å². The lowest BCUT2D eigenvalue weighted by Crippen LogP contribution is -2.24. The number of nitrogens with one attached hydrogen (secondary N) is 1. The molecular formula is C21H25NO8. The van der Waals surface area contributed by atoms with Crippen LogP contribution in [0.15, 0.2) is 18.2 Å². The lowest BCUT2D eigenvalue weighted by atomic mass is 9.82. The predicted octanol–water partition coefficient (Wildman–Crippen LogP) is 1.93. The van der Waals surface area contributed by atoms with Gasteiger partial charge in [0.15, 0.2) is 5.78 Å². The van der Waals surface area contributed by atoms with E-state index in [-0.39, 0.29) is 61.6 Å². The number of rotatable bonds is 9. The van der Waals surface area contributed by atoms with Gasteiger partial charge in [0.05, 0.1) is 30.8 Å². The van der Waals surface area contributed by atoms with Gasteiger partial charge < -0.3 is 24.4 Å². The summed E-state index contributed by atoms with van der Waals surface area (Å²) in [6.45, 7) is 2.65.